The maximum atomic E-state index is 9.75. The van der Waals surface area contributed by atoms with Crippen molar-refractivity contribution in [3.05, 3.63) is 0 Å². The number of fused-ring (bicyclic) bond motifs is 2. The number of aliphatic hydroxyl groups excluding tert-OH is 1. The van der Waals surface area contributed by atoms with Crippen molar-refractivity contribution < 1.29 is 5.11 Å². The molecule has 0 amide bonds. The zero-order valence-electron chi connectivity index (χ0n) is 6.87. The van der Waals surface area contributed by atoms with Crippen LogP contribution in [0.4, 0.5) is 0 Å². The molecule has 0 aromatic rings. The lowest BCUT2D eigenvalue weighted by atomic mass is 9.68. The third-order valence-corrected chi connectivity index (χ3v) is 3.33. The Hall–Kier alpha value is -0.0800. The molecule has 2 nitrogen and oxygen atoms in total. The number of rotatable bonds is 0. The molecule has 0 radical (unpaired) electrons. The van der Waals surface area contributed by atoms with Crippen molar-refractivity contribution in [3.8, 4) is 0 Å². The third kappa shape index (κ3) is 1.30. The minimum absolute atomic E-state index is 0.0245. The molecule has 3 N–H and O–H groups in total. The zero-order valence-corrected chi connectivity index (χ0v) is 6.87. The molecule has 11 heavy (non-hydrogen) atoms. The van der Waals surface area contributed by atoms with Gasteiger partial charge in [-0.25, -0.2) is 0 Å². The molecule has 0 spiro atoms. The maximum Gasteiger partial charge on any atom is 0.0597 e. The molecule has 2 atom stereocenters. The Bertz CT molecular complexity index is 134. The number of hydrogen-bond acceptors (Lipinski definition) is 2. The largest absolute Gasteiger partial charge is 0.393 e. The average molecular weight is 155 g/mol. The summed E-state index contributed by atoms with van der Waals surface area (Å²) in [6.07, 6.45) is 5.79. The summed E-state index contributed by atoms with van der Waals surface area (Å²) in [5, 5.41) is 9.75. The fraction of sp³-hybridized carbons (Fsp3) is 1.00. The summed E-state index contributed by atoms with van der Waals surface area (Å²) in [6.45, 7) is 0. The van der Waals surface area contributed by atoms with Gasteiger partial charge in [-0.2, -0.15) is 0 Å². The summed E-state index contributed by atoms with van der Waals surface area (Å²) >= 11 is 0. The molecule has 2 aliphatic carbocycles. The van der Waals surface area contributed by atoms with Crippen LogP contribution in [-0.2, 0) is 0 Å². The van der Waals surface area contributed by atoms with Gasteiger partial charge in [0.15, 0.2) is 0 Å². The van der Waals surface area contributed by atoms with Crippen molar-refractivity contribution in [2.24, 2.45) is 17.6 Å². The molecule has 0 aliphatic heterocycles. The topological polar surface area (TPSA) is 46.2 Å². The molecule has 0 aromatic carbocycles. The lowest BCUT2D eigenvalue weighted by Gasteiger charge is -2.42. The number of hydrogen-bond donors (Lipinski definition) is 2. The van der Waals surface area contributed by atoms with Crippen molar-refractivity contribution in [2.45, 2.75) is 44.2 Å². The van der Waals surface area contributed by atoms with Gasteiger partial charge in [0.05, 0.1) is 6.10 Å². The molecular weight excluding hydrogens is 138 g/mol. The van der Waals surface area contributed by atoms with Crippen LogP contribution in [0.25, 0.3) is 0 Å². The fourth-order valence-corrected chi connectivity index (χ4v) is 2.76. The fourth-order valence-electron chi connectivity index (χ4n) is 2.76. The normalized spacial score (nSPS) is 50.7. The van der Waals surface area contributed by atoms with Crippen molar-refractivity contribution in [2.75, 3.05) is 0 Å². The Kier molecular flexibility index (Phi) is 1.90. The maximum absolute atomic E-state index is 9.75. The van der Waals surface area contributed by atoms with Gasteiger partial charge in [0.25, 0.3) is 0 Å². The first-order valence-corrected chi connectivity index (χ1v) is 4.71. The average Bonchev–Trinajstić information content (AvgIpc) is 1.92. The third-order valence-electron chi connectivity index (χ3n) is 3.33. The van der Waals surface area contributed by atoms with Gasteiger partial charge in [-0.1, -0.05) is 6.42 Å². The van der Waals surface area contributed by atoms with Crippen LogP contribution in [0, 0.1) is 11.8 Å². The van der Waals surface area contributed by atoms with Crippen molar-refractivity contribution in [3.63, 3.8) is 0 Å². The summed E-state index contributed by atoms with van der Waals surface area (Å²) in [7, 11) is 0. The quantitative estimate of drug-likeness (QED) is 0.545. The lowest BCUT2D eigenvalue weighted by molar-refractivity contribution is -0.0202. The van der Waals surface area contributed by atoms with Crippen LogP contribution in [0.2, 0.25) is 0 Å². The minimum atomic E-state index is -0.0245. The first-order valence-electron chi connectivity index (χ1n) is 4.71. The Morgan fingerprint density at radius 1 is 1.09 bits per heavy atom. The van der Waals surface area contributed by atoms with Crippen LogP contribution >= 0.6 is 0 Å². The molecule has 2 bridgehead atoms. The van der Waals surface area contributed by atoms with Gasteiger partial charge >= 0.3 is 0 Å². The molecule has 2 rings (SSSR count). The van der Waals surface area contributed by atoms with E-state index in [-0.39, 0.29) is 6.10 Å². The van der Waals surface area contributed by atoms with Crippen LogP contribution in [-0.4, -0.2) is 17.3 Å². The highest BCUT2D eigenvalue weighted by atomic mass is 16.3. The molecule has 2 saturated carbocycles. The molecule has 64 valence electrons. The summed E-state index contributed by atoms with van der Waals surface area (Å²) in [4.78, 5) is 0. The Morgan fingerprint density at radius 2 is 1.64 bits per heavy atom. The molecular formula is C9H17NO. The summed E-state index contributed by atoms with van der Waals surface area (Å²) in [5.41, 5.74) is 5.88. The van der Waals surface area contributed by atoms with E-state index in [1.54, 1.807) is 0 Å². The monoisotopic (exact) mass is 155 g/mol. The van der Waals surface area contributed by atoms with Crippen molar-refractivity contribution in [1.29, 1.82) is 0 Å². The molecule has 0 saturated heterocycles. The summed E-state index contributed by atoms with van der Waals surface area (Å²) in [6, 6.07) is 0.369. The second-order valence-electron chi connectivity index (χ2n) is 4.17. The van der Waals surface area contributed by atoms with Crippen molar-refractivity contribution >= 4 is 0 Å². The Labute approximate surface area is 67.8 Å². The SMILES string of the molecule is NC1C[C@@H]2CCC[C@@H](C1)C2O. The molecule has 2 heteroatoms. The Morgan fingerprint density at radius 3 is 2.18 bits per heavy atom. The van der Waals surface area contributed by atoms with Gasteiger partial charge in [-0.3, -0.25) is 0 Å². The van der Waals surface area contributed by atoms with Crippen LogP contribution in [0.3, 0.4) is 0 Å². The van der Waals surface area contributed by atoms with Gasteiger partial charge in [0.1, 0.15) is 0 Å². The van der Waals surface area contributed by atoms with Gasteiger partial charge in [0.2, 0.25) is 0 Å². The van der Waals surface area contributed by atoms with E-state index in [0.29, 0.717) is 17.9 Å². The predicted octanol–water partition coefficient (Wildman–Crippen LogP) is 0.885. The van der Waals surface area contributed by atoms with Gasteiger partial charge in [0, 0.05) is 6.04 Å². The molecule has 2 fully saturated rings. The molecule has 0 heterocycles. The summed E-state index contributed by atoms with van der Waals surface area (Å²) < 4.78 is 0. The smallest absolute Gasteiger partial charge is 0.0597 e. The molecule has 2 aliphatic rings. The van der Waals surface area contributed by atoms with Crippen LogP contribution < -0.4 is 5.73 Å². The predicted molar refractivity (Wildman–Crippen MR) is 44.0 cm³/mol. The minimum Gasteiger partial charge on any atom is -0.393 e. The van der Waals surface area contributed by atoms with Gasteiger partial charge in [-0.05, 0) is 37.5 Å². The van der Waals surface area contributed by atoms with E-state index < -0.39 is 0 Å². The zero-order chi connectivity index (χ0) is 7.84. The summed E-state index contributed by atoms with van der Waals surface area (Å²) in [5.74, 6) is 1.05. The second kappa shape index (κ2) is 2.76. The molecule has 0 unspecified atom stereocenters. The first-order chi connectivity index (χ1) is 5.27. The lowest BCUT2D eigenvalue weighted by Crippen LogP contribution is -2.45. The van der Waals surface area contributed by atoms with E-state index in [0.717, 1.165) is 12.8 Å². The first kappa shape index (κ1) is 7.56. The van der Waals surface area contributed by atoms with E-state index in [4.69, 9.17) is 5.73 Å². The van der Waals surface area contributed by atoms with Crippen LogP contribution in [0.1, 0.15) is 32.1 Å². The standard InChI is InChI=1S/C9H17NO/c10-8-4-6-2-1-3-7(5-8)9(6)11/h6-9,11H,1-5,10H2/t6-,7-,8?,9?/m0/s1. The van der Waals surface area contributed by atoms with Crippen LogP contribution in [0.5, 0.6) is 0 Å². The number of aliphatic hydroxyl groups is 1. The highest BCUT2D eigenvalue weighted by Gasteiger charge is 2.37. The van der Waals surface area contributed by atoms with Crippen molar-refractivity contribution in [1.82, 2.24) is 0 Å². The van der Waals surface area contributed by atoms with Crippen LogP contribution in [0.15, 0.2) is 0 Å². The number of nitrogens with two attached hydrogens (primary N) is 1. The molecule has 0 aromatic heterocycles. The van der Waals surface area contributed by atoms with E-state index in [9.17, 15) is 5.11 Å². The highest BCUT2D eigenvalue weighted by Crippen LogP contribution is 2.39. The van der Waals surface area contributed by atoms with E-state index in [1.807, 2.05) is 0 Å². The van der Waals surface area contributed by atoms with E-state index >= 15 is 0 Å². The van der Waals surface area contributed by atoms with E-state index in [1.165, 1.54) is 19.3 Å². The second-order valence-corrected chi connectivity index (χ2v) is 4.17. The van der Waals surface area contributed by atoms with Gasteiger partial charge in [-0.15, -0.1) is 0 Å². The van der Waals surface area contributed by atoms with Gasteiger partial charge < -0.3 is 10.8 Å². The Balaban J connectivity index is 2.07. The van der Waals surface area contributed by atoms with E-state index in [2.05, 4.69) is 0 Å². The highest BCUT2D eigenvalue weighted by molar-refractivity contribution is 4.90.